The highest BCUT2D eigenvalue weighted by Gasteiger charge is 2.25. The molecule has 0 fully saturated rings. The molecule has 1 N–H and O–H groups in total. The Morgan fingerprint density at radius 3 is 2.00 bits per heavy atom. The van der Waals surface area contributed by atoms with Gasteiger partial charge in [0.05, 0.1) is 11.0 Å². The zero-order chi connectivity index (χ0) is 15.5. The van der Waals surface area contributed by atoms with Crippen molar-refractivity contribution in [1.29, 1.82) is 0 Å². The van der Waals surface area contributed by atoms with Crippen LogP contribution in [-0.4, -0.2) is 30.9 Å². The molecule has 0 saturated heterocycles. The molecule has 0 amide bonds. The quantitative estimate of drug-likeness (QED) is 0.878. The fourth-order valence-electron chi connectivity index (χ4n) is 2.15. The first-order valence-corrected chi connectivity index (χ1v) is 8.36. The lowest BCUT2D eigenvalue weighted by atomic mass is 10.1. The maximum absolute atomic E-state index is 12.5. The van der Waals surface area contributed by atoms with Crippen LogP contribution in [0.25, 0.3) is 0 Å². The SMILES string of the molecule is CC(C)CC(C)N(C)S(=O)(=O)c1ccc(C(C)O)cc1. The van der Waals surface area contributed by atoms with Gasteiger partial charge in [-0.05, 0) is 43.9 Å². The molecular formula is C15H25NO3S. The van der Waals surface area contributed by atoms with Crippen molar-refractivity contribution in [1.82, 2.24) is 4.31 Å². The van der Waals surface area contributed by atoms with Crippen LogP contribution in [0.2, 0.25) is 0 Å². The smallest absolute Gasteiger partial charge is 0.243 e. The lowest BCUT2D eigenvalue weighted by Crippen LogP contribution is -2.35. The second-order valence-electron chi connectivity index (χ2n) is 5.74. The number of rotatable bonds is 6. The molecule has 1 rings (SSSR count). The van der Waals surface area contributed by atoms with Crippen LogP contribution in [0.4, 0.5) is 0 Å². The summed E-state index contributed by atoms with van der Waals surface area (Å²) in [7, 11) is -1.86. The van der Waals surface area contributed by atoms with Crippen LogP contribution in [0, 0.1) is 5.92 Å². The minimum absolute atomic E-state index is 0.0450. The van der Waals surface area contributed by atoms with Crippen LogP contribution in [0.5, 0.6) is 0 Å². The summed E-state index contributed by atoms with van der Waals surface area (Å²) >= 11 is 0. The van der Waals surface area contributed by atoms with Crippen LogP contribution >= 0.6 is 0 Å². The van der Waals surface area contributed by atoms with Gasteiger partial charge in [0.2, 0.25) is 10.0 Å². The Morgan fingerprint density at radius 1 is 1.10 bits per heavy atom. The molecule has 2 atom stereocenters. The lowest BCUT2D eigenvalue weighted by molar-refractivity contribution is 0.199. The van der Waals surface area contributed by atoms with E-state index in [0.717, 1.165) is 6.42 Å². The van der Waals surface area contributed by atoms with Crippen molar-refractivity contribution >= 4 is 10.0 Å². The maximum Gasteiger partial charge on any atom is 0.243 e. The van der Waals surface area contributed by atoms with Crippen LogP contribution in [-0.2, 0) is 10.0 Å². The third kappa shape index (κ3) is 4.04. The molecule has 0 aliphatic heterocycles. The number of nitrogens with zero attached hydrogens (tertiary/aromatic N) is 1. The molecule has 0 spiro atoms. The summed E-state index contributed by atoms with van der Waals surface area (Å²) in [5.74, 6) is 0.445. The molecule has 0 radical (unpaired) electrons. The molecule has 1 aromatic carbocycles. The number of aliphatic hydroxyl groups excluding tert-OH is 1. The standard InChI is InChI=1S/C15H25NO3S/c1-11(2)10-12(3)16(5)20(18,19)15-8-6-14(7-9-15)13(4)17/h6-9,11-13,17H,10H2,1-5H3. The van der Waals surface area contributed by atoms with Crippen molar-refractivity contribution in [3.05, 3.63) is 29.8 Å². The molecule has 0 aliphatic carbocycles. The van der Waals surface area contributed by atoms with Gasteiger partial charge in [-0.2, -0.15) is 4.31 Å². The number of sulfonamides is 1. The summed E-state index contributed by atoms with van der Waals surface area (Å²) < 4.78 is 26.4. The van der Waals surface area contributed by atoms with E-state index < -0.39 is 16.1 Å². The van der Waals surface area contributed by atoms with E-state index in [4.69, 9.17) is 0 Å². The maximum atomic E-state index is 12.5. The normalized spacial score (nSPS) is 15.6. The molecule has 0 bridgehead atoms. The Balaban J connectivity index is 2.98. The second-order valence-corrected chi connectivity index (χ2v) is 7.74. The number of hydrogen-bond donors (Lipinski definition) is 1. The van der Waals surface area contributed by atoms with Crippen LogP contribution in [0.15, 0.2) is 29.2 Å². The van der Waals surface area contributed by atoms with Gasteiger partial charge in [0, 0.05) is 13.1 Å². The Kier molecular flexibility index (Phi) is 5.74. The zero-order valence-corrected chi connectivity index (χ0v) is 13.7. The fraction of sp³-hybridized carbons (Fsp3) is 0.600. The minimum Gasteiger partial charge on any atom is -0.389 e. The van der Waals surface area contributed by atoms with Gasteiger partial charge in [-0.25, -0.2) is 8.42 Å². The van der Waals surface area contributed by atoms with Gasteiger partial charge in [0.1, 0.15) is 0 Å². The Hall–Kier alpha value is -0.910. The summed E-state index contributed by atoms with van der Waals surface area (Å²) in [6.45, 7) is 7.73. The average molecular weight is 299 g/mol. The van der Waals surface area contributed by atoms with E-state index in [-0.39, 0.29) is 10.9 Å². The van der Waals surface area contributed by atoms with E-state index in [1.54, 1.807) is 38.2 Å². The lowest BCUT2D eigenvalue weighted by Gasteiger charge is -2.25. The molecule has 0 aliphatic rings. The van der Waals surface area contributed by atoms with Crippen LogP contribution in [0.1, 0.15) is 45.8 Å². The Morgan fingerprint density at radius 2 is 1.60 bits per heavy atom. The summed E-state index contributed by atoms with van der Waals surface area (Å²) in [5, 5.41) is 9.45. The van der Waals surface area contributed by atoms with E-state index in [1.165, 1.54) is 4.31 Å². The molecular weight excluding hydrogens is 274 g/mol. The fourth-order valence-corrected chi connectivity index (χ4v) is 3.52. The van der Waals surface area contributed by atoms with E-state index in [0.29, 0.717) is 11.5 Å². The Bertz CT molecular complexity index is 521. The summed E-state index contributed by atoms with van der Waals surface area (Å²) in [6.07, 6.45) is 0.228. The van der Waals surface area contributed by atoms with Crippen LogP contribution < -0.4 is 0 Å². The van der Waals surface area contributed by atoms with Crippen molar-refractivity contribution < 1.29 is 13.5 Å². The van der Waals surface area contributed by atoms with Crippen molar-refractivity contribution in [2.45, 2.75) is 51.2 Å². The first kappa shape index (κ1) is 17.1. The largest absolute Gasteiger partial charge is 0.389 e. The Labute approximate surface area is 122 Å². The molecule has 2 unspecified atom stereocenters. The third-order valence-corrected chi connectivity index (χ3v) is 5.46. The molecule has 1 aromatic rings. The van der Waals surface area contributed by atoms with Gasteiger partial charge in [-0.15, -0.1) is 0 Å². The van der Waals surface area contributed by atoms with Gasteiger partial charge < -0.3 is 5.11 Å². The zero-order valence-electron chi connectivity index (χ0n) is 12.9. The van der Waals surface area contributed by atoms with E-state index >= 15 is 0 Å². The predicted molar refractivity (Wildman–Crippen MR) is 80.9 cm³/mol. The predicted octanol–water partition coefficient (Wildman–Crippen LogP) is 2.80. The molecule has 0 heterocycles. The van der Waals surface area contributed by atoms with E-state index in [1.807, 2.05) is 6.92 Å². The number of hydrogen-bond acceptors (Lipinski definition) is 3. The van der Waals surface area contributed by atoms with Gasteiger partial charge in [-0.1, -0.05) is 26.0 Å². The summed E-state index contributed by atoms with van der Waals surface area (Å²) in [5.41, 5.74) is 0.710. The van der Waals surface area contributed by atoms with Crippen LogP contribution in [0.3, 0.4) is 0 Å². The van der Waals surface area contributed by atoms with Gasteiger partial charge in [0.15, 0.2) is 0 Å². The molecule has 114 valence electrons. The molecule has 20 heavy (non-hydrogen) atoms. The summed E-state index contributed by atoms with van der Waals surface area (Å²) in [4.78, 5) is 0.264. The topological polar surface area (TPSA) is 57.6 Å². The third-order valence-electron chi connectivity index (χ3n) is 3.47. The average Bonchev–Trinajstić information content (AvgIpc) is 2.37. The second kappa shape index (κ2) is 6.70. The van der Waals surface area contributed by atoms with Crippen molar-refractivity contribution in [3.8, 4) is 0 Å². The molecule has 4 nitrogen and oxygen atoms in total. The molecule has 0 saturated carbocycles. The first-order valence-electron chi connectivity index (χ1n) is 6.92. The van der Waals surface area contributed by atoms with Crippen molar-refractivity contribution in [2.24, 2.45) is 5.92 Å². The van der Waals surface area contributed by atoms with Gasteiger partial charge in [-0.3, -0.25) is 0 Å². The van der Waals surface area contributed by atoms with E-state index in [9.17, 15) is 13.5 Å². The van der Waals surface area contributed by atoms with Crippen molar-refractivity contribution in [2.75, 3.05) is 7.05 Å². The van der Waals surface area contributed by atoms with Crippen molar-refractivity contribution in [3.63, 3.8) is 0 Å². The van der Waals surface area contributed by atoms with E-state index in [2.05, 4.69) is 13.8 Å². The monoisotopic (exact) mass is 299 g/mol. The first-order chi connectivity index (χ1) is 9.16. The highest BCUT2D eigenvalue weighted by atomic mass is 32.2. The summed E-state index contributed by atoms with van der Waals surface area (Å²) in [6, 6.07) is 6.36. The molecule has 0 aromatic heterocycles. The van der Waals surface area contributed by atoms with Gasteiger partial charge >= 0.3 is 0 Å². The number of aliphatic hydroxyl groups is 1. The molecule has 5 heteroatoms. The van der Waals surface area contributed by atoms with Gasteiger partial charge in [0.25, 0.3) is 0 Å². The highest BCUT2D eigenvalue weighted by molar-refractivity contribution is 7.89. The minimum atomic E-state index is -3.47. The number of benzene rings is 1. The highest BCUT2D eigenvalue weighted by Crippen LogP contribution is 2.21.